The van der Waals surface area contributed by atoms with Crippen LogP contribution in [0.2, 0.25) is 0 Å². The maximum atomic E-state index is 11.7. The van der Waals surface area contributed by atoms with E-state index < -0.39 is 0 Å². The summed E-state index contributed by atoms with van der Waals surface area (Å²) >= 11 is 0. The molecule has 0 aliphatic carbocycles. The summed E-state index contributed by atoms with van der Waals surface area (Å²) in [5, 5.41) is 2.78. The van der Waals surface area contributed by atoms with E-state index in [-0.39, 0.29) is 18.0 Å². The highest BCUT2D eigenvalue weighted by molar-refractivity contribution is 5.96. The van der Waals surface area contributed by atoms with E-state index >= 15 is 0 Å². The molecule has 0 aromatic heterocycles. The van der Waals surface area contributed by atoms with Crippen molar-refractivity contribution in [3.63, 3.8) is 0 Å². The first-order valence-electron chi connectivity index (χ1n) is 5.70. The topological polar surface area (TPSA) is 55.4 Å². The minimum Gasteiger partial charge on any atom is -0.459 e. The highest BCUT2D eigenvalue weighted by Gasteiger charge is 2.17. The Morgan fingerprint density at radius 3 is 2.82 bits per heavy atom. The van der Waals surface area contributed by atoms with Crippen molar-refractivity contribution in [2.75, 3.05) is 5.32 Å². The number of ether oxygens (including phenoxy) is 1. The Morgan fingerprint density at radius 2 is 2.12 bits per heavy atom. The van der Waals surface area contributed by atoms with E-state index in [0.717, 1.165) is 11.3 Å². The van der Waals surface area contributed by atoms with Crippen LogP contribution in [0.4, 0.5) is 5.69 Å². The van der Waals surface area contributed by atoms with Gasteiger partial charge in [-0.25, -0.2) is 4.79 Å². The highest BCUT2D eigenvalue weighted by atomic mass is 16.5. The fraction of sp³-hybridized carbons (Fsp3) is 0.385. The van der Waals surface area contributed by atoms with Gasteiger partial charge in [-0.15, -0.1) is 0 Å². The van der Waals surface area contributed by atoms with Crippen molar-refractivity contribution in [3.8, 4) is 0 Å². The first-order valence-corrected chi connectivity index (χ1v) is 5.70. The van der Waals surface area contributed by atoms with Crippen LogP contribution in [0.15, 0.2) is 18.2 Å². The minimum absolute atomic E-state index is 0.0232. The van der Waals surface area contributed by atoms with Gasteiger partial charge in [-0.1, -0.05) is 0 Å². The molecule has 0 atom stereocenters. The summed E-state index contributed by atoms with van der Waals surface area (Å²) in [7, 11) is 0. The van der Waals surface area contributed by atoms with Crippen molar-refractivity contribution in [2.24, 2.45) is 0 Å². The molecule has 1 heterocycles. The van der Waals surface area contributed by atoms with Crippen LogP contribution in [-0.2, 0) is 16.0 Å². The average molecular weight is 233 g/mol. The summed E-state index contributed by atoms with van der Waals surface area (Å²) in [6, 6.07) is 5.22. The summed E-state index contributed by atoms with van der Waals surface area (Å²) in [5.74, 6) is -0.297. The smallest absolute Gasteiger partial charge is 0.338 e. The monoisotopic (exact) mass is 233 g/mol. The van der Waals surface area contributed by atoms with Crippen LogP contribution in [0.5, 0.6) is 0 Å². The normalized spacial score (nSPS) is 14.2. The molecule has 2 rings (SSSR count). The molecule has 0 saturated carbocycles. The average Bonchev–Trinajstić information content (AvgIpc) is 2.27. The largest absolute Gasteiger partial charge is 0.459 e. The van der Waals surface area contributed by atoms with Crippen LogP contribution >= 0.6 is 0 Å². The standard InChI is InChI=1S/C13H15NO3/c1-8(2)17-13(16)10-3-5-11-9(7-10)4-6-12(15)14-11/h3,5,7-8H,4,6H2,1-2H3,(H,14,15). The number of anilines is 1. The Morgan fingerprint density at radius 1 is 1.35 bits per heavy atom. The van der Waals surface area contributed by atoms with Gasteiger partial charge in [-0.05, 0) is 44.0 Å². The molecule has 1 aliphatic rings. The molecule has 1 aromatic rings. The zero-order valence-corrected chi connectivity index (χ0v) is 9.95. The van der Waals surface area contributed by atoms with Crippen LogP contribution in [0, 0.1) is 0 Å². The number of amides is 1. The number of carbonyl (C=O) groups is 2. The lowest BCUT2D eigenvalue weighted by Crippen LogP contribution is -2.19. The Balaban J connectivity index is 2.22. The minimum atomic E-state index is -0.320. The van der Waals surface area contributed by atoms with E-state index in [4.69, 9.17) is 4.74 Å². The highest BCUT2D eigenvalue weighted by Crippen LogP contribution is 2.23. The maximum absolute atomic E-state index is 11.7. The van der Waals surface area contributed by atoms with Gasteiger partial charge in [0, 0.05) is 12.1 Å². The Kier molecular flexibility index (Phi) is 3.13. The van der Waals surface area contributed by atoms with Gasteiger partial charge in [0.25, 0.3) is 0 Å². The van der Waals surface area contributed by atoms with Gasteiger partial charge >= 0.3 is 5.97 Å². The molecule has 4 nitrogen and oxygen atoms in total. The van der Waals surface area contributed by atoms with Gasteiger partial charge in [0.2, 0.25) is 5.91 Å². The van der Waals surface area contributed by atoms with Crippen LogP contribution in [0.25, 0.3) is 0 Å². The number of benzene rings is 1. The van der Waals surface area contributed by atoms with E-state index in [0.29, 0.717) is 18.4 Å². The number of carbonyl (C=O) groups excluding carboxylic acids is 2. The predicted molar refractivity (Wildman–Crippen MR) is 63.9 cm³/mol. The quantitative estimate of drug-likeness (QED) is 0.796. The van der Waals surface area contributed by atoms with Crippen LogP contribution < -0.4 is 5.32 Å². The zero-order chi connectivity index (χ0) is 12.4. The van der Waals surface area contributed by atoms with Crippen molar-refractivity contribution in [2.45, 2.75) is 32.8 Å². The first-order chi connectivity index (χ1) is 8.06. The fourth-order valence-electron chi connectivity index (χ4n) is 1.79. The van der Waals surface area contributed by atoms with E-state index in [1.165, 1.54) is 0 Å². The molecule has 0 fully saturated rings. The SMILES string of the molecule is CC(C)OC(=O)c1ccc2c(c1)CCC(=O)N2. The van der Waals surface area contributed by atoms with Crippen LogP contribution in [0.3, 0.4) is 0 Å². The lowest BCUT2D eigenvalue weighted by molar-refractivity contribution is -0.116. The van der Waals surface area contributed by atoms with E-state index in [1.807, 2.05) is 13.8 Å². The lowest BCUT2D eigenvalue weighted by atomic mass is 10.0. The Labute approximate surface area is 100.0 Å². The molecular weight excluding hydrogens is 218 g/mol. The number of rotatable bonds is 2. The third kappa shape index (κ3) is 2.64. The maximum Gasteiger partial charge on any atom is 0.338 e. The number of aryl methyl sites for hydroxylation is 1. The summed E-state index contributed by atoms with van der Waals surface area (Å²) in [6.45, 7) is 3.63. The van der Waals surface area contributed by atoms with E-state index in [9.17, 15) is 9.59 Å². The molecule has 0 bridgehead atoms. The third-order valence-corrected chi connectivity index (χ3v) is 2.58. The summed E-state index contributed by atoms with van der Waals surface area (Å²) in [4.78, 5) is 22.9. The summed E-state index contributed by atoms with van der Waals surface area (Å²) in [5.41, 5.74) is 2.32. The van der Waals surface area contributed by atoms with E-state index in [2.05, 4.69) is 5.32 Å². The van der Waals surface area contributed by atoms with Gasteiger partial charge < -0.3 is 10.1 Å². The number of hydrogen-bond donors (Lipinski definition) is 1. The molecule has 1 aromatic carbocycles. The molecular formula is C13H15NO3. The molecule has 1 aliphatic heterocycles. The molecule has 1 N–H and O–H groups in total. The third-order valence-electron chi connectivity index (χ3n) is 2.58. The summed E-state index contributed by atoms with van der Waals surface area (Å²) < 4.78 is 5.12. The van der Waals surface area contributed by atoms with Gasteiger partial charge in [-0.3, -0.25) is 4.79 Å². The van der Waals surface area contributed by atoms with Crippen molar-refractivity contribution < 1.29 is 14.3 Å². The molecule has 17 heavy (non-hydrogen) atoms. The zero-order valence-electron chi connectivity index (χ0n) is 9.95. The Bertz CT molecular complexity index is 466. The number of nitrogens with one attached hydrogen (secondary N) is 1. The van der Waals surface area contributed by atoms with Crippen LogP contribution in [-0.4, -0.2) is 18.0 Å². The van der Waals surface area contributed by atoms with Crippen LogP contribution in [0.1, 0.15) is 36.2 Å². The fourth-order valence-corrected chi connectivity index (χ4v) is 1.79. The Hall–Kier alpha value is -1.84. The molecule has 1 amide bonds. The van der Waals surface area contributed by atoms with Crippen molar-refractivity contribution >= 4 is 17.6 Å². The molecule has 90 valence electrons. The van der Waals surface area contributed by atoms with Crippen molar-refractivity contribution in [1.29, 1.82) is 0 Å². The number of fused-ring (bicyclic) bond motifs is 1. The van der Waals surface area contributed by atoms with Crippen molar-refractivity contribution in [1.82, 2.24) is 0 Å². The number of hydrogen-bond acceptors (Lipinski definition) is 3. The van der Waals surface area contributed by atoms with Gasteiger partial charge in [0.1, 0.15) is 0 Å². The number of esters is 1. The molecule has 0 unspecified atom stereocenters. The second kappa shape index (κ2) is 4.57. The van der Waals surface area contributed by atoms with Crippen molar-refractivity contribution in [3.05, 3.63) is 29.3 Å². The molecule has 0 radical (unpaired) electrons. The van der Waals surface area contributed by atoms with Gasteiger partial charge in [-0.2, -0.15) is 0 Å². The summed E-state index contributed by atoms with van der Waals surface area (Å²) in [6.07, 6.45) is 1.01. The van der Waals surface area contributed by atoms with Gasteiger partial charge in [0.15, 0.2) is 0 Å². The molecule has 4 heteroatoms. The van der Waals surface area contributed by atoms with E-state index in [1.54, 1.807) is 18.2 Å². The second-order valence-corrected chi connectivity index (χ2v) is 4.37. The second-order valence-electron chi connectivity index (χ2n) is 4.37. The molecule has 0 spiro atoms. The first kappa shape index (κ1) is 11.6. The van der Waals surface area contributed by atoms with Gasteiger partial charge in [0.05, 0.1) is 11.7 Å². The lowest BCUT2D eigenvalue weighted by Gasteiger charge is -2.17. The molecule has 0 saturated heterocycles. The predicted octanol–water partition coefficient (Wildman–Crippen LogP) is 2.14.